The molecule has 0 saturated carbocycles. The van der Waals surface area contributed by atoms with Gasteiger partial charge in [-0.25, -0.2) is 0 Å². The summed E-state index contributed by atoms with van der Waals surface area (Å²) in [6.07, 6.45) is 6.44. The molecule has 0 heteroatoms. The Morgan fingerprint density at radius 2 is 0.621 bits per heavy atom. The van der Waals surface area contributed by atoms with E-state index in [1.807, 2.05) is 0 Å². The summed E-state index contributed by atoms with van der Waals surface area (Å²) in [6, 6.07) is 21.4. The quantitative estimate of drug-likeness (QED) is 0.379. The first-order valence-electron chi connectivity index (χ1n) is 11.4. The largest absolute Gasteiger partial charge is 0.0613 e. The minimum absolute atomic E-state index is 1.02. The Labute approximate surface area is 178 Å². The Balaban J connectivity index is 1.90. The second-order valence-electron chi connectivity index (χ2n) is 8.41. The van der Waals surface area contributed by atoms with Gasteiger partial charge in [-0.2, -0.15) is 0 Å². The fourth-order valence-electron chi connectivity index (χ4n) is 4.32. The van der Waals surface area contributed by atoms with Crippen molar-refractivity contribution >= 4 is 0 Å². The number of hydrogen-bond acceptors (Lipinski definition) is 0. The fourth-order valence-corrected chi connectivity index (χ4v) is 4.32. The molecule has 0 aliphatic carbocycles. The molecule has 0 aromatic heterocycles. The molecule has 0 radical (unpaired) electrons. The predicted molar refractivity (Wildman–Crippen MR) is 127 cm³/mol. The van der Waals surface area contributed by atoms with Gasteiger partial charge in [0.05, 0.1) is 0 Å². The summed E-state index contributed by atoms with van der Waals surface area (Å²) in [7, 11) is 0. The average Bonchev–Trinajstić information content (AvgIpc) is 2.72. The van der Waals surface area contributed by atoms with Gasteiger partial charge in [-0.3, -0.25) is 0 Å². The highest BCUT2D eigenvalue weighted by atomic mass is 14.1. The van der Waals surface area contributed by atoms with Crippen molar-refractivity contribution < 1.29 is 0 Å². The molecule has 3 aromatic carbocycles. The molecular weight excluding hydrogens is 348 g/mol. The van der Waals surface area contributed by atoms with E-state index in [0.717, 1.165) is 38.5 Å². The molecule has 0 heterocycles. The monoisotopic (exact) mass is 384 g/mol. The van der Waals surface area contributed by atoms with Crippen molar-refractivity contribution in [2.24, 2.45) is 0 Å². The van der Waals surface area contributed by atoms with Crippen LogP contribution >= 0.6 is 0 Å². The lowest BCUT2D eigenvalue weighted by Gasteiger charge is -2.12. The summed E-state index contributed by atoms with van der Waals surface area (Å²) >= 11 is 0. The molecule has 29 heavy (non-hydrogen) atoms. The molecule has 0 N–H and O–H groups in total. The summed E-state index contributed by atoms with van der Waals surface area (Å²) in [5, 5.41) is 0. The van der Waals surface area contributed by atoms with Crippen molar-refractivity contribution in [3.05, 3.63) is 105 Å². The molecule has 0 bridgehead atoms. The maximum absolute atomic E-state index is 2.43. The van der Waals surface area contributed by atoms with E-state index in [1.54, 1.807) is 0 Å². The van der Waals surface area contributed by atoms with Crippen LogP contribution in [-0.2, 0) is 38.5 Å². The molecule has 0 nitrogen and oxygen atoms in total. The van der Waals surface area contributed by atoms with Crippen LogP contribution < -0.4 is 0 Å². The molecular formula is C29H36. The number of hydrogen-bond donors (Lipinski definition) is 0. The SMILES string of the molecule is CCc1cc(C)cc(Cc2cc(CC)cc(Cc3cc(CC)cc(CC)c3)c2)c1. The van der Waals surface area contributed by atoms with Gasteiger partial charge in [0.2, 0.25) is 0 Å². The Bertz CT molecular complexity index is 940. The molecule has 0 spiro atoms. The van der Waals surface area contributed by atoms with E-state index in [1.165, 1.54) is 50.1 Å². The Hall–Kier alpha value is -2.34. The second-order valence-corrected chi connectivity index (χ2v) is 8.41. The summed E-state index contributed by atoms with van der Waals surface area (Å²) in [6.45, 7) is 11.2. The highest BCUT2D eigenvalue weighted by molar-refractivity contribution is 5.40. The van der Waals surface area contributed by atoms with Crippen molar-refractivity contribution in [2.75, 3.05) is 0 Å². The molecule has 0 saturated heterocycles. The van der Waals surface area contributed by atoms with Crippen LogP contribution in [0.3, 0.4) is 0 Å². The van der Waals surface area contributed by atoms with Crippen LogP contribution in [-0.4, -0.2) is 0 Å². The standard InChI is InChI=1S/C29H36/c1-6-22-10-21(5)11-26(13-22)18-28-16-25(9-4)17-29(20-28)19-27-14-23(7-2)12-24(8-3)15-27/h10-17,20H,6-9,18-19H2,1-5H3. The zero-order valence-electron chi connectivity index (χ0n) is 18.9. The maximum atomic E-state index is 2.43. The van der Waals surface area contributed by atoms with Gasteiger partial charge in [-0.15, -0.1) is 0 Å². The first-order chi connectivity index (χ1) is 14.0. The molecule has 0 aliphatic heterocycles. The average molecular weight is 385 g/mol. The molecule has 3 aromatic rings. The van der Waals surface area contributed by atoms with Gasteiger partial charge in [0, 0.05) is 0 Å². The Morgan fingerprint density at radius 1 is 0.379 bits per heavy atom. The zero-order chi connectivity index (χ0) is 20.8. The van der Waals surface area contributed by atoms with Gasteiger partial charge < -0.3 is 0 Å². The van der Waals surface area contributed by atoms with Gasteiger partial charge in [0.15, 0.2) is 0 Å². The molecule has 0 fully saturated rings. The molecule has 0 unspecified atom stereocenters. The molecule has 0 atom stereocenters. The number of benzene rings is 3. The molecule has 0 aliphatic rings. The van der Waals surface area contributed by atoms with Crippen LogP contribution in [0.5, 0.6) is 0 Å². The molecule has 0 amide bonds. The Morgan fingerprint density at radius 3 is 1.00 bits per heavy atom. The van der Waals surface area contributed by atoms with Crippen LogP contribution in [0.15, 0.2) is 54.6 Å². The summed E-state index contributed by atoms with van der Waals surface area (Å²) in [5.74, 6) is 0. The fraction of sp³-hybridized carbons (Fsp3) is 0.379. The minimum atomic E-state index is 1.02. The van der Waals surface area contributed by atoms with E-state index >= 15 is 0 Å². The molecule has 152 valence electrons. The first-order valence-corrected chi connectivity index (χ1v) is 11.4. The first kappa shape index (κ1) is 21.4. The van der Waals surface area contributed by atoms with Crippen molar-refractivity contribution in [3.8, 4) is 0 Å². The van der Waals surface area contributed by atoms with E-state index in [9.17, 15) is 0 Å². The summed E-state index contributed by atoms with van der Waals surface area (Å²) in [4.78, 5) is 0. The van der Waals surface area contributed by atoms with Gasteiger partial charge in [-0.1, -0.05) is 87.9 Å². The molecule has 3 rings (SSSR count). The lowest BCUT2D eigenvalue weighted by atomic mass is 9.93. The van der Waals surface area contributed by atoms with Gasteiger partial charge >= 0.3 is 0 Å². The van der Waals surface area contributed by atoms with Gasteiger partial charge in [-0.05, 0) is 90.0 Å². The Kier molecular flexibility index (Phi) is 7.31. The normalized spacial score (nSPS) is 11.1. The number of aryl methyl sites for hydroxylation is 5. The van der Waals surface area contributed by atoms with E-state index in [2.05, 4.69) is 89.2 Å². The third-order valence-electron chi connectivity index (χ3n) is 5.87. The second kappa shape index (κ2) is 9.92. The summed E-state index contributed by atoms with van der Waals surface area (Å²) < 4.78 is 0. The van der Waals surface area contributed by atoms with Crippen molar-refractivity contribution in [1.29, 1.82) is 0 Å². The minimum Gasteiger partial charge on any atom is -0.0613 e. The third kappa shape index (κ3) is 5.82. The van der Waals surface area contributed by atoms with Gasteiger partial charge in [0.25, 0.3) is 0 Å². The van der Waals surface area contributed by atoms with E-state index in [-0.39, 0.29) is 0 Å². The highest BCUT2D eigenvalue weighted by Gasteiger charge is 2.06. The lowest BCUT2D eigenvalue weighted by Crippen LogP contribution is -1.98. The van der Waals surface area contributed by atoms with Crippen LogP contribution in [0, 0.1) is 6.92 Å². The highest BCUT2D eigenvalue weighted by Crippen LogP contribution is 2.21. The van der Waals surface area contributed by atoms with Crippen LogP contribution in [0.4, 0.5) is 0 Å². The van der Waals surface area contributed by atoms with Crippen molar-refractivity contribution in [1.82, 2.24) is 0 Å². The third-order valence-corrected chi connectivity index (χ3v) is 5.87. The predicted octanol–water partition coefficient (Wildman–Crippen LogP) is 7.43. The van der Waals surface area contributed by atoms with Crippen molar-refractivity contribution in [3.63, 3.8) is 0 Å². The van der Waals surface area contributed by atoms with Crippen molar-refractivity contribution in [2.45, 2.75) is 73.1 Å². The lowest BCUT2D eigenvalue weighted by molar-refractivity contribution is 1.04. The van der Waals surface area contributed by atoms with E-state index < -0.39 is 0 Å². The van der Waals surface area contributed by atoms with Crippen LogP contribution in [0.25, 0.3) is 0 Å². The van der Waals surface area contributed by atoms with Crippen LogP contribution in [0.2, 0.25) is 0 Å². The topological polar surface area (TPSA) is 0 Å². The van der Waals surface area contributed by atoms with E-state index in [4.69, 9.17) is 0 Å². The van der Waals surface area contributed by atoms with Crippen LogP contribution in [0.1, 0.15) is 77.8 Å². The maximum Gasteiger partial charge on any atom is -0.00254 e. The smallest absolute Gasteiger partial charge is 0.00254 e. The van der Waals surface area contributed by atoms with E-state index in [0.29, 0.717) is 0 Å². The number of rotatable bonds is 8. The summed E-state index contributed by atoms with van der Waals surface area (Å²) in [5.41, 5.74) is 12.9. The van der Waals surface area contributed by atoms with Gasteiger partial charge in [0.1, 0.15) is 0 Å². The zero-order valence-corrected chi connectivity index (χ0v) is 18.9.